The first-order valence-electron chi connectivity index (χ1n) is 6.16. The van der Waals surface area contributed by atoms with E-state index in [-0.39, 0.29) is 5.82 Å². The Morgan fingerprint density at radius 1 is 1.38 bits per heavy atom. The van der Waals surface area contributed by atoms with E-state index in [9.17, 15) is 14.6 Å². The van der Waals surface area contributed by atoms with Gasteiger partial charge in [0.2, 0.25) is 0 Å². The zero-order valence-corrected chi connectivity index (χ0v) is 11.8. The molecule has 0 saturated carbocycles. The topological polar surface area (TPSA) is 119 Å². The second-order valence-corrected chi connectivity index (χ2v) is 5.56. The second kappa shape index (κ2) is 5.37. The lowest BCUT2D eigenvalue weighted by Crippen LogP contribution is -2.35. The van der Waals surface area contributed by atoms with Crippen molar-refractivity contribution in [3.63, 3.8) is 0 Å². The van der Waals surface area contributed by atoms with E-state index in [0.29, 0.717) is 11.2 Å². The molecular weight excluding hydrogens is 301 g/mol. The van der Waals surface area contributed by atoms with Crippen molar-refractivity contribution in [2.45, 2.75) is 30.0 Å². The van der Waals surface area contributed by atoms with E-state index in [2.05, 4.69) is 15.0 Å². The summed E-state index contributed by atoms with van der Waals surface area (Å²) in [6.45, 7) is 0. The van der Waals surface area contributed by atoms with Crippen molar-refractivity contribution in [3.8, 4) is 0 Å². The van der Waals surface area contributed by atoms with Gasteiger partial charge in [-0.15, -0.1) is 11.8 Å². The Labute approximate surface area is 123 Å². The lowest BCUT2D eigenvalue weighted by atomic mass is 10.1. The fraction of sp³-hybridized carbons (Fsp3) is 0.545. The molecule has 0 aliphatic carbocycles. The quantitative estimate of drug-likeness (QED) is 0.705. The van der Waals surface area contributed by atoms with Gasteiger partial charge in [0.15, 0.2) is 23.2 Å². The van der Waals surface area contributed by atoms with Gasteiger partial charge in [-0.25, -0.2) is 19.3 Å². The molecule has 1 saturated heterocycles. The average Bonchev–Trinajstić information content (AvgIpc) is 3.02. The standard InChI is InChI=1S/C11H14FN5O3S/c1-21-8(12)7-5(18)6(19)11(20-7)17-3-16-4-9(13)14-2-15-10(4)17/h2-3,5-8,11,18-19H,1H3,(H2,13,14,15)/t5-,6+,7-,8-,11+/m0/s1. The van der Waals surface area contributed by atoms with Crippen LogP contribution in [-0.2, 0) is 4.74 Å². The highest BCUT2D eigenvalue weighted by molar-refractivity contribution is 7.99. The maximum atomic E-state index is 13.8. The molecule has 1 fully saturated rings. The first-order chi connectivity index (χ1) is 10.0. The molecule has 0 aromatic carbocycles. The van der Waals surface area contributed by atoms with E-state index in [1.165, 1.54) is 17.2 Å². The van der Waals surface area contributed by atoms with Crippen LogP contribution >= 0.6 is 11.8 Å². The fourth-order valence-corrected chi connectivity index (χ4v) is 2.82. The van der Waals surface area contributed by atoms with Gasteiger partial charge < -0.3 is 20.7 Å². The van der Waals surface area contributed by atoms with Gasteiger partial charge in [-0.3, -0.25) is 4.57 Å². The molecule has 2 aromatic rings. The molecule has 1 aliphatic rings. The van der Waals surface area contributed by atoms with E-state index in [4.69, 9.17) is 10.5 Å². The molecule has 21 heavy (non-hydrogen) atoms. The van der Waals surface area contributed by atoms with Gasteiger partial charge in [0.1, 0.15) is 30.2 Å². The molecule has 3 heterocycles. The predicted molar refractivity (Wildman–Crippen MR) is 74.1 cm³/mol. The first-order valence-corrected chi connectivity index (χ1v) is 7.45. The lowest BCUT2D eigenvalue weighted by molar-refractivity contribution is -0.0460. The molecule has 114 valence electrons. The van der Waals surface area contributed by atoms with E-state index >= 15 is 0 Å². The molecule has 3 rings (SSSR count). The molecule has 4 N–H and O–H groups in total. The summed E-state index contributed by atoms with van der Waals surface area (Å²) in [5, 5.41) is 20.0. The number of aromatic nitrogens is 4. The number of anilines is 1. The van der Waals surface area contributed by atoms with E-state index in [0.717, 1.165) is 11.8 Å². The number of nitrogens with two attached hydrogens (primary N) is 1. The first kappa shape index (κ1) is 14.4. The van der Waals surface area contributed by atoms with E-state index in [1.807, 2.05) is 0 Å². The van der Waals surface area contributed by atoms with Gasteiger partial charge in [0.05, 0.1) is 6.33 Å². The number of alkyl halides is 1. The monoisotopic (exact) mass is 315 g/mol. The number of hydrogen-bond acceptors (Lipinski definition) is 8. The van der Waals surface area contributed by atoms with Crippen molar-refractivity contribution in [2.24, 2.45) is 0 Å². The summed E-state index contributed by atoms with van der Waals surface area (Å²) in [6.07, 6.45) is -0.578. The number of thioether (sulfide) groups is 1. The number of nitrogens with zero attached hydrogens (tertiary/aromatic N) is 4. The zero-order chi connectivity index (χ0) is 15.1. The van der Waals surface area contributed by atoms with Crippen LogP contribution in [0.3, 0.4) is 0 Å². The smallest absolute Gasteiger partial charge is 0.174 e. The van der Waals surface area contributed by atoms with Crippen LogP contribution in [0, 0.1) is 0 Å². The number of imidazole rings is 1. The van der Waals surface area contributed by atoms with Crippen molar-refractivity contribution in [1.82, 2.24) is 19.5 Å². The summed E-state index contributed by atoms with van der Waals surface area (Å²) in [6, 6.07) is 0. The Bertz CT molecular complexity index is 656. The number of aliphatic hydroxyl groups is 2. The van der Waals surface area contributed by atoms with Gasteiger partial charge in [0, 0.05) is 0 Å². The highest BCUT2D eigenvalue weighted by Crippen LogP contribution is 2.36. The van der Waals surface area contributed by atoms with Crippen LogP contribution in [0.5, 0.6) is 0 Å². The van der Waals surface area contributed by atoms with Crippen molar-refractivity contribution in [2.75, 3.05) is 12.0 Å². The largest absolute Gasteiger partial charge is 0.387 e. The number of aliphatic hydroxyl groups excluding tert-OH is 2. The third-order valence-corrected chi connectivity index (χ3v) is 4.14. The Morgan fingerprint density at radius 2 is 2.14 bits per heavy atom. The molecule has 0 radical (unpaired) electrons. The summed E-state index contributed by atoms with van der Waals surface area (Å²) in [7, 11) is 0. The summed E-state index contributed by atoms with van der Waals surface area (Å²) in [5.41, 5.74) is 4.94. The Hall–Kier alpha value is -1.49. The van der Waals surface area contributed by atoms with Gasteiger partial charge in [-0.1, -0.05) is 0 Å². The number of hydrogen-bond donors (Lipinski definition) is 3. The maximum Gasteiger partial charge on any atom is 0.174 e. The highest BCUT2D eigenvalue weighted by Gasteiger charge is 2.47. The molecule has 0 amide bonds. The molecule has 5 atom stereocenters. The number of fused-ring (bicyclic) bond motifs is 1. The summed E-state index contributed by atoms with van der Waals surface area (Å²) < 4.78 is 20.6. The average molecular weight is 315 g/mol. The molecule has 8 nitrogen and oxygen atoms in total. The Kier molecular flexibility index (Phi) is 3.69. The third kappa shape index (κ3) is 2.24. The highest BCUT2D eigenvalue weighted by atomic mass is 32.2. The van der Waals surface area contributed by atoms with Crippen LogP contribution in [0.1, 0.15) is 6.23 Å². The molecule has 10 heteroatoms. The van der Waals surface area contributed by atoms with Gasteiger partial charge >= 0.3 is 0 Å². The van der Waals surface area contributed by atoms with Crippen LogP contribution in [-0.4, -0.2) is 59.8 Å². The third-order valence-electron chi connectivity index (χ3n) is 3.42. The predicted octanol–water partition coefficient (Wildman–Crippen LogP) is -0.314. The van der Waals surface area contributed by atoms with Crippen molar-refractivity contribution in [3.05, 3.63) is 12.7 Å². The van der Waals surface area contributed by atoms with Gasteiger partial charge in [0.25, 0.3) is 0 Å². The number of nitrogen functional groups attached to an aromatic ring is 1. The van der Waals surface area contributed by atoms with Gasteiger partial charge in [-0.2, -0.15) is 0 Å². The minimum Gasteiger partial charge on any atom is -0.387 e. The molecular formula is C11H14FN5O3S. The van der Waals surface area contributed by atoms with Crippen LogP contribution in [0.15, 0.2) is 12.7 Å². The van der Waals surface area contributed by atoms with Crippen molar-refractivity contribution >= 4 is 28.7 Å². The normalized spacial score (nSPS) is 30.9. The van der Waals surface area contributed by atoms with Crippen LogP contribution < -0.4 is 5.73 Å². The minimum atomic E-state index is -1.45. The summed E-state index contributed by atoms with van der Waals surface area (Å²) in [4.78, 5) is 11.9. The molecule has 0 unspecified atom stereocenters. The van der Waals surface area contributed by atoms with Crippen LogP contribution in [0.25, 0.3) is 11.2 Å². The van der Waals surface area contributed by atoms with Gasteiger partial charge in [-0.05, 0) is 6.26 Å². The van der Waals surface area contributed by atoms with Crippen LogP contribution in [0.2, 0.25) is 0 Å². The Morgan fingerprint density at radius 3 is 2.86 bits per heavy atom. The van der Waals surface area contributed by atoms with Crippen molar-refractivity contribution < 1.29 is 19.3 Å². The SMILES string of the molecule is CS[C@H](F)[C@H]1O[C@@H](n2cnc3c(N)ncnc32)[C@H](O)[C@@H]1O. The molecule has 2 aromatic heterocycles. The lowest BCUT2D eigenvalue weighted by Gasteiger charge is -2.17. The Balaban J connectivity index is 1.98. The number of rotatable bonds is 3. The van der Waals surface area contributed by atoms with Crippen LogP contribution in [0.4, 0.5) is 10.2 Å². The maximum absolute atomic E-state index is 13.8. The summed E-state index contributed by atoms with van der Waals surface area (Å²) in [5.74, 6) is 0.191. The molecule has 0 bridgehead atoms. The summed E-state index contributed by atoms with van der Waals surface area (Å²) >= 11 is 0.900. The van der Waals surface area contributed by atoms with Crippen molar-refractivity contribution in [1.29, 1.82) is 0 Å². The number of halogens is 1. The number of ether oxygens (including phenoxy) is 1. The minimum absolute atomic E-state index is 0.191. The van der Waals surface area contributed by atoms with E-state index < -0.39 is 30.0 Å². The zero-order valence-electron chi connectivity index (χ0n) is 11.0. The second-order valence-electron chi connectivity index (χ2n) is 4.64. The fourth-order valence-electron chi connectivity index (χ4n) is 2.32. The molecule has 0 spiro atoms. The molecule has 1 aliphatic heterocycles. The van der Waals surface area contributed by atoms with E-state index in [1.54, 1.807) is 6.26 Å².